The molecule has 0 saturated heterocycles. The monoisotopic (exact) mass is 259 g/mol. The molecule has 100 valence electrons. The van der Waals surface area contributed by atoms with Crippen LogP contribution in [0.5, 0.6) is 0 Å². The summed E-state index contributed by atoms with van der Waals surface area (Å²) in [5, 5.41) is 0. The van der Waals surface area contributed by atoms with E-state index >= 15 is 0 Å². The molecule has 2 aliphatic carbocycles. The lowest BCUT2D eigenvalue weighted by molar-refractivity contribution is 0.407. The first-order valence-electron chi connectivity index (χ1n) is 6.96. The van der Waals surface area contributed by atoms with Crippen LogP contribution in [0.3, 0.4) is 0 Å². The van der Waals surface area contributed by atoms with Crippen molar-refractivity contribution in [3.8, 4) is 0 Å². The van der Waals surface area contributed by atoms with Gasteiger partial charge in [0.25, 0.3) is 0 Å². The Bertz CT molecular complexity index is 373. The lowest BCUT2D eigenvalue weighted by Gasteiger charge is -2.19. The normalized spacial score (nSPS) is 36.1. The van der Waals surface area contributed by atoms with Gasteiger partial charge in [0.05, 0.1) is 4.75 Å². The third kappa shape index (κ3) is 2.39. The highest BCUT2D eigenvalue weighted by molar-refractivity contribution is 7.91. The molecule has 0 aliphatic heterocycles. The summed E-state index contributed by atoms with van der Waals surface area (Å²) in [5.74, 6) is 1.35. The van der Waals surface area contributed by atoms with Crippen LogP contribution in [0.25, 0.3) is 0 Å². The van der Waals surface area contributed by atoms with Gasteiger partial charge in [-0.3, -0.25) is 0 Å². The minimum absolute atomic E-state index is 0.184. The molecule has 3 nitrogen and oxygen atoms in total. The third-order valence-electron chi connectivity index (χ3n) is 4.92. The highest BCUT2D eigenvalue weighted by atomic mass is 32.2. The summed E-state index contributed by atoms with van der Waals surface area (Å²) < 4.78 is 27.1. The van der Waals surface area contributed by atoms with Crippen molar-refractivity contribution >= 4 is 10.0 Å². The van der Waals surface area contributed by atoms with Gasteiger partial charge in [0.1, 0.15) is 0 Å². The van der Waals surface area contributed by atoms with Gasteiger partial charge in [-0.05, 0) is 43.9 Å². The number of rotatable bonds is 5. The summed E-state index contributed by atoms with van der Waals surface area (Å²) >= 11 is 0. The van der Waals surface area contributed by atoms with E-state index in [0.29, 0.717) is 11.8 Å². The molecule has 0 radical (unpaired) electrons. The zero-order valence-corrected chi connectivity index (χ0v) is 12.0. The topological polar surface area (TPSA) is 46.2 Å². The van der Waals surface area contributed by atoms with E-state index in [1.54, 1.807) is 0 Å². The van der Waals surface area contributed by atoms with E-state index in [1.807, 2.05) is 6.92 Å². The highest BCUT2D eigenvalue weighted by Crippen LogP contribution is 2.46. The van der Waals surface area contributed by atoms with Crippen LogP contribution in [0.15, 0.2) is 0 Å². The van der Waals surface area contributed by atoms with E-state index in [1.165, 1.54) is 0 Å². The van der Waals surface area contributed by atoms with Crippen LogP contribution < -0.4 is 4.72 Å². The molecule has 4 heteroatoms. The molecule has 0 unspecified atom stereocenters. The lowest BCUT2D eigenvalue weighted by Crippen LogP contribution is -2.41. The Kier molecular flexibility index (Phi) is 3.56. The van der Waals surface area contributed by atoms with Crippen molar-refractivity contribution in [1.82, 2.24) is 4.72 Å². The molecule has 0 aromatic rings. The molecule has 2 rings (SSSR count). The molecule has 2 saturated carbocycles. The Labute approximate surface area is 105 Å². The Morgan fingerprint density at radius 1 is 1.24 bits per heavy atom. The van der Waals surface area contributed by atoms with Crippen molar-refractivity contribution in [2.75, 3.05) is 0 Å². The maximum absolute atomic E-state index is 12.3. The SMILES string of the molecule is CC[C@@H]1C[C@H](NS(=O)(=O)C2(CC)CC2)C[C@@H]1C. The molecule has 17 heavy (non-hydrogen) atoms. The molecule has 0 amide bonds. The zero-order valence-electron chi connectivity index (χ0n) is 11.2. The van der Waals surface area contributed by atoms with Gasteiger partial charge >= 0.3 is 0 Å². The second-order valence-electron chi connectivity index (χ2n) is 5.97. The standard InChI is InChI=1S/C13H25NO2S/c1-4-11-9-12(8-10(11)3)14-17(15,16)13(5-2)6-7-13/h10-12,14H,4-9H2,1-3H3/t10-,11+,12+/m0/s1. The van der Waals surface area contributed by atoms with Crippen molar-refractivity contribution in [3.05, 3.63) is 0 Å². The summed E-state index contributed by atoms with van der Waals surface area (Å²) in [7, 11) is -3.09. The van der Waals surface area contributed by atoms with Crippen molar-refractivity contribution in [3.63, 3.8) is 0 Å². The van der Waals surface area contributed by atoms with Crippen LogP contribution in [-0.2, 0) is 10.0 Å². The molecule has 0 bridgehead atoms. The van der Waals surface area contributed by atoms with E-state index in [0.717, 1.165) is 38.5 Å². The average molecular weight is 259 g/mol. The van der Waals surface area contributed by atoms with Gasteiger partial charge in [-0.2, -0.15) is 0 Å². The minimum Gasteiger partial charge on any atom is -0.212 e. The second-order valence-corrected chi connectivity index (χ2v) is 8.08. The van der Waals surface area contributed by atoms with Gasteiger partial charge in [-0.25, -0.2) is 13.1 Å². The third-order valence-corrected chi connectivity index (χ3v) is 7.40. The molecule has 0 aromatic heterocycles. The summed E-state index contributed by atoms with van der Waals surface area (Å²) in [4.78, 5) is 0. The van der Waals surface area contributed by atoms with Gasteiger partial charge in [-0.15, -0.1) is 0 Å². The molecule has 3 atom stereocenters. The van der Waals surface area contributed by atoms with Crippen LogP contribution >= 0.6 is 0 Å². The first kappa shape index (κ1) is 13.3. The van der Waals surface area contributed by atoms with E-state index in [-0.39, 0.29) is 6.04 Å². The van der Waals surface area contributed by atoms with Crippen LogP contribution in [0.4, 0.5) is 0 Å². The molecular formula is C13H25NO2S. The fraction of sp³-hybridized carbons (Fsp3) is 1.00. The first-order chi connectivity index (χ1) is 7.94. The molecular weight excluding hydrogens is 234 g/mol. The van der Waals surface area contributed by atoms with Gasteiger partial charge in [-0.1, -0.05) is 27.2 Å². The van der Waals surface area contributed by atoms with Crippen LogP contribution in [0.2, 0.25) is 0 Å². The van der Waals surface area contributed by atoms with Gasteiger partial charge in [0.2, 0.25) is 10.0 Å². The largest absolute Gasteiger partial charge is 0.217 e. The summed E-state index contributed by atoms with van der Waals surface area (Å²) in [6.45, 7) is 6.43. The molecule has 0 aromatic carbocycles. The Balaban J connectivity index is 1.99. The maximum Gasteiger partial charge on any atom is 0.217 e. The Hall–Kier alpha value is -0.0900. The van der Waals surface area contributed by atoms with Crippen LogP contribution in [-0.4, -0.2) is 19.2 Å². The van der Waals surface area contributed by atoms with Gasteiger partial charge in [0.15, 0.2) is 0 Å². The van der Waals surface area contributed by atoms with E-state index in [9.17, 15) is 8.42 Å². The predicted octanol–water partition coefficient (Wildman–Crippen LogP) is 2.67. The lowest BCUT2D eigenvalue weighted by atomic mass is 9.96. The van der Waals surface area contributed by atoms with Gasteiger partial charge in [0, 0.05) is 6.04 Å². The maximum atomic E-state index is 12.3. The summed E-state index contributed by atoms with van der Waals surface area (Å²) in [6.07, 6.45) is 5.64. The number of nitrogens with one attached hydrogen (secondary N) is 1. The Morgan fingerprint density at radius 3 is 2.29 bits per heavy atom. The number of hydrogen-bond donors (Lipinski definition) is 1. The van der Waals surface area contributed by atoms with E-state index in [4.69, 9.17) is 0 Å². The second kappa shape index (κ2) is 4.54. The van der Waals surface area contributed by atoms with Gasteiger partial charge < -0.3 is 0 Å². The van der Waals surface area contributed by atoms with Crippen LogP contribution in [0, 0.1) is 11.8 Å². The number of hydrogen-bond acceptors (Lipinski definition) is 2. The molecule has 0 heterocycles. The summed E-state index contributed by atoms with van der Waals surface area (Å²) in [6, 6.07) is 0.184. The van der Waals surface area contributed by atoms with E-state index < -0.39 is 14.8 Å². The molecule has 1 N–H and O–H groups in total. The molecule has 0 spiro atoms. The molecule has 2 fully saturated rings. The van der Waals surface area contributed by atoms with E-state index in [2.05, 4.69) is 18.6 Å². The summed E-state index contributed by atoms with van der Waals surface area (Å²) in [5.41, 5.74) is 0. The van der Waals surface area contributed by atoms with Crippen molar-refractivity contribution in [2.24, 2.45) is 11.8 Å². The quantitative estimate of drug-likeness (QED) is 0.825. The van der Waals surface area contributed by atoms with Crippen molar-refractivity contribution in [1.29, 1.82) is 0 Å². The first-order valence-corrected chi connectivity index (χ1v) is 8.44. The fourth-order valence-corrected chi connectivity index (χ4v) is 5.20. The van der Waals surface area contributed by atoms with Crippen LogP contribution in [0.1, 0.15) is 59.3 Å². The van der Waals surface area contributed by atoms with Crippen molar-refractivity contribution < 1.29 is 8.42 Å². The highest BCUT2D eigenvalue weighted by Gasteiger charge is 2.53. The smallest absolute Gasteiger partial charge is 0.212 e. The zero-order chi connectivity index (χ0) is 12.7. The molecule has 2 aliphatic rings. The predicted molar refractivity (Wildman–Crippen MR) is 70.3 cm³/mol. The fourth-order valence-electron chi connectivity index (χ4n) is 3.30. The average Bonchev–Trinajstić information content (AvgIpc) is 2.99. The van der Waals surface area contributed by atoms with Crippen molar-refractivity contribution in [2.45, 2.75) is 70.1 Å². The minimum atomic E-state index is -3.09. The Morgan fingerprint density at radius 2 is 1.88 bits per heavy atom. The number of sulfonamides is 1.